The molecule has 1 N–H and O–H groups in total. The summed E-state index contributed by atoms with van der Waals surface area (Å²) >= 11 is 6.00. The first kappa shape index (κ1) is 10.7. The number of H-pyrrole nitrogens is 1. The van der Waals surface area contributed by atoms with E-state index in [1.54, 1.807) is 0 Å². The van der Waals surface area contributed by atoms with Crippen LogP contribution in [0.1, 0.15) is 0 Å². The summed E-state index contributed by atoms with van der Waals surface area (Å²) < 4.78 is 5.85. The molecule has 0 aliphatic heterocycles. The van der Waals surface area contributed by atoms with E-state index in [0.29, 0.717) is 0 Å². The average Bonchev–Trinajstić information content (AvgIpc) is 3.00. The Kier molecular flexibility index (Phi) is 2.20. The first-order chi connectivity index (χ1) is 9.29. The first-order valence-electron chi connectivity index (χ1n) is 6.07. The highest BCUT2D eigenvalue weighted by atomic mass is 35.5. The number of para-hydroxylation sites is 1. The lowest BCUT2D eigenvalue weighted by Crippen LogP contribution is -1.70. The summed E-state index contributed by atoms with van der Waals surface area (Å²) in [5, 5.41) is 2.93. The monoisotopic (exact) mass is 267 g/mol. The van der Waals surface area contributed by atoms with E-state index in [1.807, 2.05) is 48.5 Å². The van der Waals surface area contributed by atoms with Gasteiger partial charge in [0.25, 0.3) is 0 Å². The van der Waals surface area contributed by atoms with Crippen molar-refractivity contribution in [1.29, 1.82) is 0 Å². The molecule has 2 heterocycles. The maximum atomic E-state index is 6.00. The van der Waals surface area contributed by atoms with Gasteiger partial charge in [-0.3, -0.25) is 0 Å². The van der Waals surface area contributed by atoms with Crippen molar-refractivity contribution < 1.29 is 4.42 Å². The summed E-state index contributed by atoms with van der Waals surface area (Å²) in [5.74, 6) is 0.841. The van der Waals surface area contributed by atoms with Crippen LogP contribution in [0.3, 0.4) is 0 Å². The highest BCUT2D eigenvalue weighted by Gasteiger charge is 2.09. The summed E-state index contributed by atoms with van der Waals surface area (Å²) in [7, 11) is 0. The van der Waals surface area contributed by atoms with Crippen LogP contribution in [-0.4, -0.2) is 4.98 Å². The smallest absolute Gasteiger partial charge is 0.151 e. The molecular weight excluding hydrogens is 258 g/mol. The van der Waals surface area contributed by atoms with Crippen molar-refractivity contribution in [2.45, 2.75) is 0 Å². The fourth-order valence-corrected chi connectivity index (χ4v) is 2.53. The third-order valence-electron chi connectivity index (χ3n) is 3.27. The molecule has 0 aliphatic rings. The molecule has 92 valence electrons. The van der Waals surface area contributed by atoms with Gasteiger partial charge in [-0.15, -0.1) is 0 Å². The molecule has 0 fully saturated rings. The van der Waals surface area contributed by atoms with Crippen molar-refractivity contribution in [2.24, 2.45) is 0 Å². The highest BCUT2D eigenvalue weighted by molar-refractivity contribution is 6.31. The summed E-state index contributed by atoms with van der Waals surface area (Å²) in [6, 6.07) is 17.9. The van der Waals surface area contributed by atoms with E-state index >= 15 is 0 Å². The Morgan fingerprint density at radius 1 is 0.895 bits per heavy atom. The second-order valence-corrected chi connectivity index (χ2v) is 5.00. The number of aromatic nitrogens is 1. The van der Waals surface area contributed by atoms with Gasteiger partial charge in [-0.05, 0) is 36.4 Å². The zero-order valence-corrected chi connectivity index (χ0v) is 10.7. The van der Waals surface area contributed by atoms with Crippen LogP contribution in [0.25, 0.3) is 33.3 Å². The van der Waals surface area contributed by atoms with Crippen molar-refractivity contribution in [2.75, 3.05) is 0 Å². The van der Waals surface area contributed by atoms with Gasteiger partial charge in [0.1, 0.15) is 5.58 Å². The number of hydrogen-bond acceptors (Lipinski definition) is 1. The molecule has 0 amide bonds. The Hall–Kier alpha value is -2.19. The molecule has 3 heteroatoms. The molecule has 0 aliphatic carbocycles. The van der Waals surface area contributed by atoms with Gasteiger partial charge >= 0.3 is 0 Å². The van der Waals surface area contributed by atoms with E-state index in [2.05, 4.69) is 11.1 Å². The van der Waals surface area contributed by atoms with Crippen LogP contribution in [0.4, 0.5) is 0 Å². The molecule has 0 atom stereocenters. The third kappa shape index (κ3) is 1.72. The van der Waals surface area contributed by atoms with Crippen LogP contribution >= 0.6 is 11.6 Å². The van der Waals surface area contributed by atoms with E-state index < -0.39 is 0 Å². The maximum Gasteiger partial charge on any atom is 0.151 e. The van der Waals surface area contributed by atoms with Gasteiger partial charge in [0.15, 0.2) is 5.76 Å². The maximum absolute atomic E-state index is 6.00. The van der Waals surface area contributed by atoms with Crippen LogP contribution in [0, 0.1) is 0 Å². The second kappa shape index (κ2) is 3.90. The number of fused-ring (bicyclic) bond motifs is 2. The van der Waals surface area contributed by atoms with Gasteiger partial charge in [0, 0.05) is 21.3 Å². The topological polar surface area (TPSA) is 28.9 Å². The molecule has 0 saturated carbocycles. The Morgan fingerprint density at radius 3 is 2.68 bits per heavy atom. The minimum absolute atomic E-state index is 0.739. The molecule has 4 rings (SSSR count). The molecule has 19 heavy (non-hydrogen) atoms. The number of furan rings is 1. The molecule has 4 aromatic rings. The van der Waals surface area contributed by atoms with Crippen molar-refractivity contribution in [3.63, 3.8) is 0 Å². The lowest BCUT2D eigenvalue weighted by molar-refractivity contribution is 0.629. The Bertz CT molecular complexity index is 855. The van der Waals surface area contributed by atoms with Crippen LogP contribution in [-0.2, 0) is 0 Å². The number of benzene rings is 2. The van der Waals surface area contributed by atoms with Crippen molar-refractivity contribution in [1.82, 2.24) is 4.98 Å². The zero-order chi connectivity index (χ0) is 12.8. The first-order valence-corrected chi connectivity index (χ1v) is 6.45. The predicted molar refractivity (Wildman–Crippen MR) is 78.5 cm³/mol. The summed E-state index contributed by atoms with van der Waals surface area (Å²) in [6.07, 6.45) is 0. The number of halogens is 1. The summed E-state index contributed by atoms with van der Waals surface area (Å²) in [5.41, 5.74) is 2.92. The van der Waals surface area contributed by atoms with Gasteiger partial charge < -0.3 is 9.40 Å². The fourth-order valence-electron chi connectivity index (χ4n) is 2.35. The lowest BCUT2D eigenvalue weighted by Gasteiger charge is -1.89. The average molecular weight is 268 g/mol. The van der Waals surface area contributed by atoms with E-state index in [0.717, 1.165) is 38.3 Å². The van der Waals surface area contributed by atoms with E-state index in [4.69, 9.17) is 16.0 Å². The standard InChI is InChI=1S/C16H10ClNO/c17-12-5-6-13-11(7-12)8-14(18-13)16-9-10-3-1-2-4-15(10)19-16/h1-9,18H. The molecular formula is C16H10ClNO. The number of aromatic amines is 1. The molecule has 2 aromatic carbocycles. The van der Waals surface area contributed by atoms with E-state index in [9.17, 15) is 0 Å². The number of hydrogen-bond donors (Lipinski definition) is 1. The Labute approximate surface area is 114 Å². The van der Waals surface area contributed by atoms with Gasteiger partial charge in [-0.2, -0.15) is 0 Å². The Balaban J connectivity index is 1.93. The number of nitrogens with one attached hydrogen (secondary N) is 1. The largest absolute Gasteiger partial charge is 0.455 e. The Morgan fingerprint density at radius 2 is 1.79 bits per heavy atom. The normalized spacial score (nSPS) is 11.4. The lowest BCUT2D eigenvalue weighted by atomic mass is 10.2. The predicted octanol–water partition coefficient (Wildman–Crippen LogP) is 5.23. The highest BCUT2D eigenvalue weighted by Crippen LogP contribution is 2.30. The van der Waals surface area contributed by atoms with Crippen LogP contribution in [0.15, 0.2) is 59.0 Å². The van der Waals surface area contributed by atoms with Gasteiger partial charge in [-0.1, -0.05) is 29.8 Å². The minimum atomic E-state index is 0.739. The molecule has 2 aromatic heterocycles. The molecule has 0 saturated heterocycles. The van der Waals surface area contributed by atoms with Crippen LogP contribution in [0.5, 0.6) is 0 Å². The van der Waals surface area contributed by atoms with E-state index in [1.165, 1.54) is 0 Å². The SMILES string of the molecule is Clc1ccc2[nH]c(-c3cc4ccccc4o3)cc2c1. The summed E-state index contributed by atoms with van der Waals surface area (Å²) in [6.45, 7) is 0. The second-order valence-electron chi connectivity index (χ2n) is 4.56. The minimum Gasteiger partial charge on any atom is -0.455 e. The number of rotatable bonds is 1. The van der Waals surface area contributed by atoms with Gasteiger partial charge in [0.2, 0.25) is 0 Å². The zero-order valence-electron chi connectivity index (χ0n) is 9.98. The quantitative estimate of drug-likeness (QED) is 0.502. The third-order valence-corrected chi connectivity index (χ3v) is 3.51. The molecule has 2 nitrogen and oxygen atoms in total. The summed E-state index contributed by atoms with van der Waals surface area (Å²) in [4.78, 5) is 3.35. The van der Waals surface area contributed by atoms with Crippen molar-refractivity contribution in [3.8, 4) is 11.5 Å². The van der Waals surface area contributed by atoms with Crippen LogP contribution < -0.4 is 0 Å². The molecule has 0 unspecified atom stereocenters. The molecule has 0 radical (unpaired) electrons. The van der Waals surface area contributed by atoms with Gasteiger partial charge in [0.05, 0.1) is 5.69 Å². The van der Waals surface area contributed by atoms with E-state index in [-0.39, 0.29) is 0 Å². The van der Waals surface area contributed by atoms with Crippen LogP contribution in [0.2, 0.25) is 5.02 Å². The molecule has 0 spiro atoms. The van der Waals surface area contributed by atoms with Crippen molar-refractivity contribution in [3.05, 3.63) is 59.6 Å². The fraction of sp³-hybridized carbons (Fsp3) is 0. The van der Waals surface area contributed by atoms with Gasteiger partial charge in [-0.25, -0.2) is 0 Å². The molecule has 0 bridgehead atoms. The van der Waals surface area contributed by atoms with Crippen molar-refractivity contribution >= 4 is 33.5 Å².